The van der Waals surface area contributed by atoms with E-state index < -0.39 is 0 Å². The van der Waals surface area contributed by atoms with Gasteiger partial charge in [0, 0.05) is 16.8 Å². The van der Waals surface area contributed by atoms with Gasteiger partial charge in [0.05, 0.1) is 28.8 Å². The van der Waals surface area contributed by atoms with E-state index in [4.69, 9.17) is 0 Å². The molecule has 0 saturated carbocycles. The van der Waals surface area contributed by atoms with Crippen molar-refractivity contribution in [1.82, 2.24) is 19.3 Å². The number of hydrogen-bond donors (Lipinski definition) is 1. The fourth-order valence-electron chi connectivity index (χ4n) is 3.87. The summed E-state index contributed by atoms with van der Waals surface area (Å²) in [5.41, 5.74) is 5.41. The number of fused-ring (bicyclic) bond motifs is 1. The SMILES string of the molecule is Cc1nn(-c2ccccc2)c(C)c1CC(=O)Nc1nc2ccccc2n1C(C)(C)C. The molecule has 0 fully saturated rings. The maximum atomic E-state index is 13.0. The van der Waals surface area contributed by atoms with Crippen LogP contribution in [-0.2, 0) is 16.8 Å². The first kappa shape index (κ1) is 19.9. The standard InChI is InChI=1S/C24H27N5O/c1-16-19(17(2)29(27-16)18-11-7-6-8-12-18)15-22(30)26-23-25-20-13-9-10-14-21(20)28(23)24(3,4)5/h6-14H,15H2,1-5H3,(H,25,26,30). The second-order valence-electron chi connectivity index (χ2n) is 8.55. The van der Waals surface area contributed by atoms with Gasteiger partial charge in [-0.3, -0.25) is 10.1 Å². The highest BCUT2D eigenvalue weighted by atomic mass is 16.1. The predicted octanol–water partition coefficient (Wildman–Crippen LogP) is 4.78. The van der Waals surface area contributed by atoms with E-state index in [-0.39, 0.29) is 17.9 Å². The minimum absolute atomic E-state index is 0.102. The number of para-hydroxylation sites is 3. The van der Waals surface area contributed by atoms with E-state index in [1.165, 1.54) is 0 Å². The van der Waals surface area contributed by atoms with Crippen LogP contribution in [0.5, 0.6) is 0 Å². The quantitative estimate of drug-likeness (QED) is 0.535. The van der Waals surface area contributed by atoms with E-state index in [9.17, 15) is 4.79 Å². The first-order chi connectivity index (χ1) is 14.3. The zero-order valence-electron chi connectivity index (χ0n) is 18.1. The Labute approximate surface area is 176 Å². The van der Waals surface area contributed by atoms with Crippen LogP contribution >= 0.6 is 0 Å². The van der Waals surface area contributed by atoms with Gasteiger partial charge in [0.25, 0.3) is 0 Å². The second-order valence-corrected chi connectivity index (χ2v) is 8.55. The molecule has 6 nitrogen and oxygen atoms in total. The minimum atomic E-state index is -0.220. The monoisotopic (exact) mass is 401 g/mol. The summed E-state index contributed by atoms with van der Waals surface area (Å²) in [5.74, 6) is 0.467. The third-order valence-electron chi connectivity index (χ3n) is 5.26. The van der Waals surface area contributed by atoms with Crippen molar-refractivity contribution in [1.29, 1.82) is 0 Å². The summed E-state index contributed by atoms with van der Waals surface area (Å²) in [5, 5.41) is 7.68. The van der Waals surface area contributed by atoms with Crippen molar-refractivity contribution in [3.63, 3.8) is 0 Å². The van der Waals surface area contributed by atoms with Crippen LogP contribution < -0.4 is 5.32 Å². The van der Waals surface area contributed by atoms with Crippen LogP contribution in [0.3, 0.4) is 0 Å². The number of rotatable bonds is 4. The van der Waals surface area contributed by atoms with Gasteiger partial charge in [0.2, 0.25) is 11.9 Å². The molecule has 30 heavy (non-hydrogen) atoms. The number of carbonyl (C=O) groups excluding carboxylic acids is 1. The summed E-state index contributed by atoms with van der Waals surface area (Å²) in [6.07, 6.45) is 0.248. The molecule has 6 heteroatoms. The first-order valence-corrected chi connectivity index (χ1v) is 10.1. The number of nitrogens with zero attached hydrogens (tertiary/aromatic N) is 4. The highest BCUT2D eigenvalue weighted by Crippen LogP contribution is 2.28. The Morgan fingerprint density at radius 3 is 2.37 bits per heavy atom. The summed E-state index contributed by atoms with van der Waals surface area (Å²) in [6.45, 7) is 10.3. The Hall–Kier alpha value is -3.41. The van der Waals surface area contributed by atoms with Gasteiger partial charge in [-0.2, -0.15) is 5.10 Å². The van der Waals surface area contributed by atoms with Crippen LogP contribution in [0.25, 0.3) is 16.7 Å². The van der Waals surface area contributed by atoms with Crippen LogP contribution in [0.1, 0.15) is 37.7 Å². The Morgan fingerprint density at radius 1 is 1.00 bits per heavy atom. The molecule has 2 aromatic heterocycles. The molecule has 2 aromatic carbocycles. The van der Waals surface area contributed by atoms with Crippen LogP contribution in [-0.4, -0.2) is 25.2 Å². The van der Waals surface area contributed by atoms with E-state index in [0.29, 0.717) is 5.95 Å². The van der Waals surface area contributed by atoms with Gasteiger partial charge < -0.3 is 4.57 Å². The number of benzene rings is 2. The van der Waals surface area contributed by atoms with Gasteiger partial charge in [0.1, 0.15) is 0 Å². The molecule has 2 heterocycles. The summed E-state index contributed by atoms with van der Waals surface area (Å²) in [6, 6.07) is 17.9. The van der Waals surface area contributed by atoms with E-state index in [0.717, 1.165) is 33.7 Å². The van der Waals surface area contributed by atoms with E-state index in [1.807, 2.05) is 73.1 Å². The molecule has 0 atom stereocenters. The molecule has 0 saturated heterocycles. The van der Waals surface area contributed by atoms with E-state index in [2.05, 4.69) is 40.7 Å². The normalized spacial score (nSPS) is 11.8. The Kier molecular flexibility index (Phi) is 4.94. The van der Waals surface area contributed by atoms with Gasteiger partial charge in [-0.25, -0.2) is 9.67 Å². The number of amides is 1. The molecule has 154 valence electrons. The molecule has 1 N–H and O–H groups in total. The van der Waals surface area contributed by atoms with E-state index >= 15 is 0 Å². The molecule has 1 amide bonds. The molecule has 4 aromatic rings. The number of aryl methyl sites for hydroxylation is 1. The smallest absolute Gasteiger partial charge is 0.231 e. The van der Waals surface area contributed by atoms with Gasteiger partial charge in [-0.15, -0.1) is 0 Å². The second kappa shape index (κ2) is 7.44. The largest absolute Gasteiger partial charge is 0.305 e. The summed E-state index contributed by atoms with van der Waals surface area (Å²) in [4.78, 5) is 17.7. The lowest BCUT2D eigenvalue weighted by molar-refractivity contribution is -0.115. The molecular formula is C24H27N5O. The molecule has 0 unspecified atom stereocenters. The third kappa shape index (κ3) is 3.61. The zero-order chi connectivity index (χ0) is 21.5. The maximum absolute atomic E-state index is 13.0. The topological polar surface area (TPSA) is 64.7 Å². The van der Waals surface area contributed by atoms with Crippen molar-refractivity contribution < 1.29 is 4.79 Å². The lowest BCUT2D eigenvalue weighted by Crippen LogP contribution is -2.26. The Morgan fingerprint density at radius 2 is 1.67 bits per heavy atom. The van der Waals surface area contributed by atoms with Crippen molar-refractivity contribution in [2.75, 3.05) is 5.32 Å². The van der Waals surface area contributed by atoms with Crippen molar-refractivity contribution in [3.05, 3.63) is 71.5 Å². The number of imidazole rings is 1. The Balaban J connectivity index is 1.63. The number of carbonyl (C=O) groups is 1. The van der Waals surface area contributed by atoms with Gasteiger partial charge in [-0.05, 0) is 58.9 Å². The summed E-state index contributed by atoms with van der Waals surface area (Å²) >= 11 is 0. The molecule has 0 spiro atoms. The predicted molar refractivity (Wildman–Crippen MR) is 120 cm³/mol. The van der Waals surface area contributed by atoms with Crippen LogP contribution in [0.4, 0.5) is 5.95 Å². The van der Waals surface area contributed by atoms with Crippen molar-refractivity contribution in [3.8, 4) is 5.69 Å². The van der Waals surface area contributed by atoms with Crippen molar-refractivity contribution >= 4 is 22.9 Å². The Bertz CT molecular complexity index is 1210. The number of hydrogen-bond acceptors (Lipinski definition) is 3. The van der Waals surface area contributed by atoms with Gasteiger partial charge >= 0.3 is 0 Å². The number of nitrogens with one attached hydrogen (secondary N) is 1. The number of aromatic nitrogens is 4. The average Bonchev–Trinajstić information content (AvgIpc) is 3.20. The average molecular weight is 402 g/mol. The van der Waals surface area contributed by atoms with Crippen molar-refractivity contribution in [2.45, 2.75) is 46.6 Å². The molecule has 0 radical (unpaired) electrons. The molecule has 0 aliphatic carbocycles. The molecule has 0 aliphatic rings. The lowest BCUT2D eigenvalue weighted by Gasteiger charge is -2.24. The summed E-state index contributed by atoms with van der Waals surface area (Å²) in [7, 11) is 0. The lowest BCUT2D eigenvalue weighted by atomic mass is 10.1. The van der Waals surface area contributed by atoms with E-state index in [1.54, 1.807) is 0 Å². The highest BCUT2D eigenvalue weighted by Gasteiger charge is 2.23. The van der Waals surface area contributed by atoms with Crippen LogP contribution in [0.15, 0.2) is 54.6 Å². The highest BCUT2D eigenvalue weighted by molar-refractivity contribution is 5.93. The van der Waals surface area contributed by atoms with Crippen LogP contribution in [0.2, 0.25) is 0 Å². The zero-order valence-corrected chi connectivity index (χ0v) is 18.1. The number of anilines is 1. The third-order valence-corrected chi connectivity index (χ3v) is 5.26. The van der Waals surface area contributed by atoms with Crippen molar-refractivity contribution in [2.24, 2.45) is 0 Å². The molecule has 4 rings (SSSR count). The van der Waals surface area contributed by atoms with Gasteiger partial charge in [0.15, 0.2) is 0 Å². The fourth-order valence-corrected chi connectivity index (χ4v) is 3.87. The first-order valence-electron chi connectivity index (χ1n) is 10.1. The molecule has 0 bridgehead atoms. The molecule has 0 aliphatic heterocycles. The maximum Gasteiger partial charge on any atom is 0.231 e. The molecular weight excluding hydrogens is 374 g/mol. The fraction of sp³-hybridized carbons (Fsp3) is 0.292. The minimum Gasteiger partial charge on any atom is -0.305 e. The summed E-state index contributed by atoms with van der Waals surface area (Å²) < 4.78 is 3.97. The van der Waals surface area contributed by atoms with Gasteiger partial charge in [-0.1, -0.05) is 30.3 Å². The van der Waals surface area contributed by atoms with Crippen LogP contribution in [0, 0.1) is 13.8 Å².